The first kappa shape index (κ1) is 16.2. The minimum absolute atomic E-state index is 0.159. The summed E-state index contributed by atoms with van der Waals surface area (Å²) in [5.74, 6) is 0. The molecule has 0 unspecified atom stereocenters. The summed E-state index contributed by atoms with van der Waals surface area (Å²) in [5, 5.41) is 0.243. The van der Waals surface area contributed by atoms with E-state index in [1.165, 1.54) is 23.2 Å². The van der Waals surface area contributed by atoms with Crippen LogP contribution in [0.15, 0.2) is 27.6 Å². The molecule has 7 heteroatoms. The standard InChI is InChI=1S/C13H18BrClN2O2S/c1-16(8-9-17-6-2-3-7-17)20(18,19)13-5-4-11(14)10-12(13)15/h4-5,10H,2-3,6-9H2,1H3. The van der Waals surface area contributed by atoms with Crippen LogP contribution in [0.3, 0.4) is 0 Å². The molecule has 0 amide bonds. The fraction of sp³-hybridized carbons (Fsp3) is 0.538. The molecule has 0 saturated carbocycles. The van der Waals surface area contributed by atoms with Crippen LogP contribution in [-0.4, -0.2) is 50.8 Å². The van der Waals surface area contributed by atoms with Crippen LogP contribution in [0, 0.1) is 0 Å². The number of nitrogens with zero attached hydrogens (tertiary/aromatic N) is 2. The van der Waals surface area contributed by atoms with Crippen LogP contribution in [0.4, 0.5) is 0 Å². The van der Waals surface area contributed by atoms with Crippen molar-refractivity contribution < 1.29 is 8.42 Å². The summed E-state index contributed by atoms with van der Waals surface area (Å²) in [6.07, 6.45) is 2.41. The molecule has 0 spiro atoms. The zero-order valence-electron chi connectivity index (χ0n) is 11.3. The Balaban J connectivity index is 2.08. The van der Waals surface area contributed by atoms with Crippen LogP contribution in [0.5, 0.6) is 0 Å². The lowest BCUT2D eigenvalue weighted by molar-refractivity contribution is 0.310. The third-order valence-corrected chi connectivity index (χ3v) is 6.34. The van der Waals surface area contributed by atoms with Gasteiger partial charge in [0.15, 0.2) is 0 Å². The van der Waals surface area contributed by atoms with Gasteiger partial charge in [-0.15, -0.1) is 0 Å². The number of likely N-dealkylation sites (tertiary alicyclic amines) is 1. The summed E-state index contributed by atoms with van der Waals surface area (Å²) in [4.78, 5) is 2.45. The number of rotatable bonds is 5. The van der Waals surface area contributed by atoms with Crippen LogP contribution >= 0.6 is 27.5 Å². The molecule has 1 saturated heterocycles. The lowest BCUT2D eigenvalue weighted by Crippen LogP contribution is -2.35. The molecule has 0 aliphatic carbocycles. The lowest BCUT2D eigenvalue weighted by atomic mass is 10.4. The molecule has 1 heterocycles. The van der Waals surface area contributed by atoms with Gasteiger partial charge in [-0.2, -0.15) is 4.31 Å². The van der Waals surface area contributed by atoms with Crippen LogP contribution in [0.1, 0.15) is 12.8 Å². The lowest BCUT2D eigenvalue weighted by Gasteiger charge is -2.21. The highest BCUT2D eigenvalue weighted by Gasteiger charge is 2.24. The van der Waals surface area contributed by atoms with Crippen molar-refractivity contribution in [3.63, 3.8) is 0 Å². The molecule has 0 radical (unpaired) electrons. The molecule has 0 N–H and O–H groups in total. The maximum absolute atomic E-state index is 12.5. The van der Waals surface area contributed by atoms with Gasteiger partial charge in [-0.3, -0.25) is 0 Å². The highest BCUT2D eigenvalue weighted by Crippen LogP contribution is 2.27. The van der Waals surface area contributed by atoms with Crippen LogP contribution in [-0.2, 0) is 10.0 Å². The van der Waals surface area contributed by atoms with E-state index in [2.05, 4.69) is 20.8 Å². The maximum atomic E-state index is 12.5. The van der Waals surface area contributed by atoms with E-state index in [0.717, 1.165) is 24.1 Å². The zero-order valence-corrected chi connectivity index (χ0v) is 14.5. The third kappa shape index (κ3) is 3.74. The molecule has 112 valence electrons. The Bertz CT molecular complexity index is 574. The molecular weight excluding hydrogens is 364 g/mol. The summed E-state index contributed by atoms with van der Waals surface area (Å²) in [6, 6.07) is 4.82. The van der Waals surface area contributed by atoms with Gasteiger partial charge in [-0.05, 0) is 44.1 Å². The second-order valence-corrected chi connectivity index (χ2v) is 8.29. The molecule has 2 rings (SSSR count). The summed E-state index contributed by atoms with van der Waals surface area (Å²) >= 11 is 9.32. The number of sulfonamides is 1. The minimum Gasteiger partial charge on any atom is -0.302 e. The van der Waals surface area contributed by atoms with E-state index in [-0.39, 0.29) is 9.92 Å². The molecule has 0 bridgehead atoms. The highest BCUT2D eigenvalue weighted by molar-refractivity contribution is 9.10. The maximum Gasteiger partial charge on any atom is 0.244 e. The van der Waals surface area contributed by atoms with Crippen molar-refractivity contribution in [1.82, 2.24) is 9.21 Å². The van der Waals surface area contributed by atoms with Gasteiger partial charge in [0.25, 0.3) is 0 Å². The molecule has 1 aromatic rings. The van der Waals surface area contributed by atoms with Crippen molar-refractivity contribution in [2.45, 2.75) is 17.7 Å². The Morgan fingerprint density at radius 3 is 2.60 bits per heavy atom. The van der Waals surface area contributed by atoms with Crippen molar-refractivity contribution in [1.29, 1.82) is 0 Å². The van der Waals surface area contributed by atoms with Gasteiger partial charge >= 0.3 is 0 Å². The molecule has 0 atom stereocenters. The van der Waals surface area contributed by atoms with Crippen molar-refractivity contribution in [3.05, 3.63) is 27.7 Å². The molecular formula is C13H18BrClN2O2S. The fourth-order valence-electron chi connectivity index (χ4n) is 2.26. The number of hydrogen-bond donors (Lipinski definition) is 0. The van der Waals surface area contributed by atoms with Gasteiger partial charge in [-0.25, -0.2) is 8.42 Å². The number of benzene rings is 1. The monoisotopic (exact) mass is 380 g/mol. The van der Waals surface area contributed by atoms with E-state index >= 15 is 0 Å². The first-order valence-corrected chi connectivity index (χ1v) is 9.16. The Hall–Kier alpha value is -0.140. The largest absolute Gasteiger partial charge is 0.302 e. The van der Waals surface area contributed by atoms with E-state index in [1.807, 2.05) is 0 Å². The Labute approximate surface area is 133 Å². The normalized spacial score (nSPS) is 17.0. The minimum atomic E-state index is -3.52. The van der Waals surface area contributed by atoms with E-state index < -0.39 is 10.0 Å². The van der Waals surface area contributed by atoms with E-state index in [0.29, 0.717) is 6.54 Å². The second-order valence-electron chi connectivity index (χ2n) is 4.95. The Morgan fingerprint density at radius 1 is 1.35 bits per heavy atom. The van der Waals surface area contributed by atoms with Crippen molar-refractivity contribution in [2.24, 2.45) is 0 Å². The molecule has 20 heavy (non-hydrogen) atoms. The van der Waals surface area contributed by atoms with Crippen molar-refractivity contribution >= 4 is 37.6 Å². The predicted octanol–water partition coefficient (Wildman–Crippen LogP) is 2.82. The quantitative estimate of drug-likeness (QED) is 0.787. The topological polar surface area (TPSA) is 40.6 Å². The van der Waals surface area contributed by atoms with Crippen molar-refractivity contribution in [2.75, 3.05) is 33.2 Å². The van der Waals surface area contributed by atoms with Gasteiger partial charge in [0.1, 0.15) is 4.90 Å². The van der Waals surface area contributed by atoms with Crippen LogP contribution in [0.2, 0.25) is 5.02 Å². The average molecular weight is 382 g/mol. The summed E-state index contributed by atoms with van der Waals surface area (Å²) in [7, 11) is -1.92. The van der Waals surface area contributed by atoms with Gasteiger partial charge in [0.2, 0.25) is 10.0 Å². The molecule has 4 nitrogen and oxygen atoms in total. The average Bonchev–Trinajstić information content (AvgIpc) is 2.88. The SMILES string of the molecule is CN(CCN1CCCC1)S(=O)(=O)c1ccc(Br)cc1Cl. The molecule has 1 aliphatic heterocycles. The molecule has 1 aromatic carbocycles. The first-order chi connectivity index (χ1) is 9.41. The van der Waals surface area contributed by atoms with Gasteiger partial charge < -0.3 is 4.90 Å². The first-order valence-electron chi connectivity index (χ1n) is 6.55. The molecule has 1 aliphatic rings. The number of likely N-dealkylation sites (N-methyl/N-ethyl adjacent to an activating group) is 1. The summed E-state index contributed by atoms with van der Waals surface area (Å²) in [6.45, 7) is 3.37. The van der Waals surface area contributed by atoms with Gasteiger partial charge in [0, 0.05) is 24.6 Å². The van der Waals surface area contributed by atoms with Gasteiger partial charge in [0.05, 0.1) is 5.02 Å². The van der Waals surface area contributed by atoms with Crippen LogP contribution in [0.25, 0.3) is 0 Å². The van der Waals surface area contributed by atoms with Crippen LogP contribution < -0.4 is 0 Å². The number of halogens is 2. The summed E-state index contributed by atoms with van der Waals surface area (Å²) in [5.41, 5.74) is 0. The molecule has 0 aromatic heterocycles. The number of hydrogen-bond acceptors (Lipinski definition) is 3. The van der Waals surface area contributed by atoms with E-state index in [4.69, 9.17) is 11.6 Å². The Kier molecular flexibility index (Phi) is 5.48. The zero-order chi connectivity index (χ0) is 14.8. The van der Waals surface area contributed by atoms with Gasteiger partial charge in [-0.1, -0.05) is 27.5 Å². The van der Waals surface area contributed by atoms with E-state index in [1.54, 1.807) is 19.2 Å². The van der Waals surface area contributed by atoms with E-state index in [9.17, 15) is 8.42 Å². The Morgan fingerprint density at radius 2 is 2.00 bits per heavy atom. The second kappa shape index (κ2) is 6.75. The third-order valence-electron chi connectivity index (χ3n) is 3.51. The fourth-order valence-corrected chi connectivity index (χ4v) is 4.43. The molecule has 1 fully saturated rings. The predicted molar refractivity (Wildman–Crippen MR) is 84.6 cm³/mol. The van der Waals surface area contributed by atoms with Crippen molar-refractivity contribution in [3.8, 4) is 0 Å². The summed E-state index contributed by atoms with van der Waals surface area (Å²) < 4.78 is 27.1. The highest BCUT2D eigenvalue weighted by atomic mass is 79.9. The smallest absolute Gasteiger partial charge is 0.244 e.